The molecular formula is C22H26O4S3. The minimum absolute atomic E-state index is 0.0440. The lowest BCUT2D eigenvalue weighted by molar-refractivity contribution is -0.116. The molecule has 29 heavy (non-hydrogen) atoms. The van der Waals surface area contributed by atoms with Crippen LogP contribution in [0.4, 0.5) is 0 Å². The number of Topliss-reactive ketones (excluding diaryl/α,β-unsaturated/α-hetero) is 1. The first-order chi connectivity index (χ1) is 13.8. The molecule has 4 nitrogen and oxygen atoms in total. The van der Waals surface area contributed by atoms with Gasteiger partial charge in [0.2, 0.25) is 4.38 Å². The van der Waals surface area contributed by atoms with E-state index < -0.39 is 15.6 Å². The van der Waals surface area contributed by atoms with E-state index in [4.69, 9.17) is 17.0 Å². The first-order valence-electron chi connectivity index (χ1n) is 9.48. The summed E-state index contributed by atoms with van der Waals surface area (Å²) in [6.07, 6.45) is 1.45. The Balaban J connectivity index is 1.98. The van der Waals surface area contributed by atoms with Crippen LogP contribution < -0.4 is 0 Å². The molecule has 0 amide bonds. The second kappa shape index (κ2) is 11.5. The Bertz CT molecular complexity index is 907. The summed E-state index contributed by atoms with van der Waals surface area (Å²) in [5.74, 6) is -0.763. The molecule has 0 aliphatic heterocycles. The van der Waals surface area contributed by atoms with Gasteiger partial charge in [-0.2, -0.15) is 0 Å². The van der Waals surface area contributed by atoms with Crippen LogP contribution in [0.15, 0.2) is 59.5 Å². The fourth-order valence-corrected chi connectivity index (χ4v) is 5.58. The van der Waals surface area contributed by atoms with Crippen LogP contribution in [0.25, 0.3) is 0 Å². The number of sulfone groups is 1. The second-order valence-corrected chi connectivity index (χ2v) is 10.7. The first kappa shape index (κ1) is 23.6. The predicted molar refractivity (Wildman–Crippen MR) is 123 cm³/mol. The largest absolute Gasteiger partial charge is 0.479 e. The molecule has 0 aliphatic rings. The zero-order valence-electron chi connectivity index (χ0n) is 16.7. The Morgan fingerprint density at radius 2 is 1.76 bits per heavy atom. The quantitative estimate of drug-likeness (QED) is 0.485. The Kier molecular flexibility index (Phi) is 9.33. The molecule has 1 atom stereocenters. The summed E-state index contributed by atoms with van der Waals surface area (Å²) in [4.78, 5) is 12.6. The molecule has 0 radical (unpaired) electrons. The Morgan fingerprint density at radius 3 is 2.38 bits per heavy atom. The molecule has 0 heterocycles. The molecule has 2 aromatic carbocycles. The number of rotatable bonds is 10. The van der Waals surface area contributed by atoms with E-state index in [-0.39, 0.29) is 22.3 Å². The molecular weight excluding hydrogens is 424 g/mol. The fourth-order valence-electron chi connectivity index (χ4n) is 2.80. The molecule has 0 spiro atoms. The Hall–Kier alpha value is -1.70. The number of ether oxygens (including phenoxy) is 1. The summed E-state index contributed by atoms with van der Waals surface area (Å²) >= 11 is 6.68. The fraction of sp³-hybridized carbons (Fsp3) is 0.364. The molecule has 0 N–H and O–H groups in total. The van der Waals surface area contributed by atoms with Crippen molar-refractivity contribution in [2.24, 2.45) is 0 Å². The highest BCUT2D eigenvalue weighted by Gasteiger charge is 2.21. The van der Waals surface area contributed by atoms with E-state index in [9.17, 15) is 13.2 Å². The lowest BCUT2D eigenvalue weighted by Crippen LogP contribution is -2.19. The van der Waals surface area contributed by atoms with Crippen molar-refractivity contribution >= 4 is 44.0 Å². The summed E-state index contributed by atoms with van der Waals surface area (Å²) in [6.45, 7) is 4.26. The van der Waals surface area contributed by atoms with Gasteiger partial charge in [-0.3, -0.25) is 4.79 Å². The average molecular weight is 451 g/mol. The van der Waals surface area contributed by atoms with Crippen molar-refractivity contribution in [3.8, 4) is 0 Å². The summed E-state index contributed by atoms with van der Waals surface area (Å²) in [5, 5.41) is 0.0440. The Morgan fingerprint density at radius 1 is 1.10 bits per heavy atom. The third-order valence-electron chi connectivity index (χ3n) is 4.31. The van der Waals surface area contributed by atoms with E-state index >= 15 is 0 Å². The molecule has 0 aromatic heterocycles. The van der Waals surface area contributed by atoms with E-state index in [1.54, 1.807) is 24.3 Å². The Labute approximate surface area is 183 Å². The van der Waals surface area contributed by atoms with Gasteiger partial charge in [0.05, 0.1) is 11.5 Å². The van der Waals surface area contributed by atoms with E-state index in [2.05, 4.69) is 0 Å². The highest BCUT2D eigenvalue weighted by Crippen LogP contribution is 2.24. The molecule has 0 saturated carbocycles. The standard InChI is InChI=1S/C22H26O4S3/c1-3-26-22(27)28-20(15-18-7-5-4-6-8-18)12-11-19(23)16-29(24,25)21-13-9-17(2)10-14-21/h4-10,13-14,20H,3,11-12,15-16H2,1-2H3. The van der Waals surface area contributed by atoms with E-state index in [0.717, 1.165) is 17.5 Å². The number of thioether (sulfide) groups is 1. The minimum atomic E-state index is -3.62. The van der Waals surface area contributed by atoms with Crippen LogP contribution in [0.5, 0.6) is 0 Å². The minimum Gasteiger partial charge on any atom is -0.479 e. The van der Waals surface area contributed by atoms with Crippen molar-refractivity contribution in [3.63, 3.8) is 0 Å². The molecule has 0 saturated heterocycles. The lowest BCUT2D eigenvalue weighted by atomic mass is 10.1. The first-order valence-corrected chi connectivity index (χ1v) is 12.4. The van der Waals surface area contributed by atoms with Crippen molar-refractivity contribution < 1.29 is 17.9 Å². The highest BCUT2D eigenvalue weighted by molar-refractivity contribution is 8.23. The van der Waals surface area contributed by atoms with Crippen LogP contribution in [0.2, 0.25) is 0 Å². The van der Waals surface area contributed by atoms with Crippen molar-refractivity contribution in [1.29, 1.82) is 0 Å². The van der Waals surface area contributed by atoms with Gasteiger partial charge in [0, 0.05) is 11.7 Å². The van der Waals surface area contributed by atoms with Gasteiger partial charge in [-0.1, -0.05) is 59.8 Å². The van der Waals surface area contributed by atoms with Gasteiger partial charge >= 0.3 is 0 Å². The number of hydrogen-bond donors (Lipinski definition) is 0. The maximum atomic E-state index is 12.5. The number of thiocarbonyl (C=S) groups is 1. The van der Waals surface area contributed by atoms with Crippen molar-refractivity contribution in [2.75, 3.05) is 12.4 Å². The zero-order chi connectivity index (χ0) is 21.3. The number of ketones is 1. The van der Waals surface area contributed by atoms with Gasteiger partial charge in [-0.15, -0.1) is 0 Å². The van der Waals surface area contributed by atoms with Crippen LogP contribution in [0, 0.1) is 6.92 Å². The molecule has 7 heteroatoms. The number of aryl methyl sites for hydroxylation is 1. The van der Waals surface area contributed by atoms with Crippen LogP contribution in [-0.2, 0) is 25.8 Å². The summed E-state index contributed by atoms with van der Waals surface area (Å²) in [5.41, 5.74) is 2.12. The van der Waals surface area contributed by atoms with Gasteiger partial charge in [-0.25, -0.2) is 8.42 Å². The zero-order valence-corrected chi connectivity index (χ0v) is 19.1. The molecule has 0 fully saturated rings. The third-order valence-corrected chi connectivity index (χ3v) is 7.45. The van der Waals surface area contributed by atoms with Gasteiger partial charge in [-0.05, 0) is 56.6 Å². The molecule has 0 bridgehead atoms. The van der Waals surface area contributed by atoms with E-state index in [1.165, 1.54) is 11.8 Å². The van der Waals surface area contributed by atoms with E-state index in [0.29, 0.717) is 17.4 Å². The second-order valence-electron chi connectivity index (χ2n) is 6.76. The van der Waals surface area contributed by atoms with Crippen molar-refractivity contribution in [2.45, 2.75) is 43.3 Å². The molecule has 2 rings (SSSR count). The predicted octanol–water partition coefficient (Wildman–Crippen LogP) is 4.78. The number of benzene rings is 2. The van der Waals surface area contributed by atoms with Gasteiger partial charge in [0.15, 0.2) is 9.84 Å². The summed E-state index contributed by atoms with van der Waals surface area (Å²) < 4.78 is 30.8. The molecule has 156 valence electrons. The van der Waals surface area contributed by atoms with Gasteiger partial charge in [0.1, 0.15) is 11.5 Å². The SMILES string of the molecule is CCOC(=S)SC(CCC(=O)CS(=O)(=O)c1ccc(C)cc1)Cc1ccccc1. The highest BCUT2D eigenvalue weighted by atomic mass is 32.2. The van der Waals surface area contributed by atoms with Crippen LogP contribution in [-0.4, -0.2) is 36.2 Å². The van der Waals surface area contributed by atoms with E-state index in [1.807, 2.05) is 44.2 Å². The van der Waals surface area contributed by atoms with Crippen LogP contribution in [0.3, 0.4) is 0 Å². The van der Waals surface area contributed by atoms with Crippen molar-refractivity contribution in [3.05, 3.63) is 65.7 Å². The molecule has 1 unspecified atom stereocenters. The normalized spacial score (nSPS) is 12.3. The third kappa shape index (κ3) is 8.28. The lowest BCUT2D eigenvalue weighted by Gasteiger charge is -2.17. The van der Waals surface area contributed by atoms with Crippen molar-refractivity contribution in [1.82, 2.24) is 0 Å². The maximum absolute atomic E-state index is 12.5. The van der Waals surface area contributed by atoms with Crippen LogP contribution >= 0.6 is 24.0 Å². The van der Waals surface area contributed by atoms with Gasteiger partial charge < -0.3 is 4.74 Å². The monoisotopic (exact) mass is 450 g/mol. The molecule has 2 aromatic rings. The number of carbonyl (C=O) groups is 1. The number of carbonyl (C=O) groups excluding carboxylic acids is 1. The molecule has 0 aliphatic carbocycles. The van der Waals surface area contributed by atoms with Crippen LogP contribution in [0.1, 0.15) is 30.9 Å². The van der Waals surface area contributed by atoms with Gasteiger partial charge in [0.25, 0.3) is 0 Å². The number of hydrogen-bond acceptors (Lipinski definition) is 6. The maximum Gasteiger partial charge on any atom is 0.220 e. The average Bonchev–Trinajstić information content (AvgIpc) is 2.67. The topological polar surface area (TPSA) is 60.4 Å². The smallest absolute Gasteiger partial charge is 0.220 e. The summed E-state index contributed by atoms with van der Waals surface area (Å²) in [7, 11) is -3.62. The summed E-state index contributed by atoms with van der Waals surface area (Å²) in [6, 6.07) is 16.5.